The molecule has 1 fully saturated rings. The highest BCUT2D eigenvalue weighted by atomic mass is 16.7. The first-order chi connectivity index (χ1) is 15.6. The van der Waals surface area contributed by atoms with E-state index in [1.165, 1.54) is 27.7 Å². The van der Waals surface area contributed by atoms with Gasteiger partial charge >= 0.3 is 23.9 Å². The fourth-order valence-electron chi connectivity index (χ4n) is 3.45. The topological polar surface area (TPSA) is 124 Å². The summed E-state index contributed by atoms with van der Waals surface area (Å²) in [5.74, 6) is -1.54. The van der Waals surface area contributed by atoms with E-state index in [0.717, 1.165) is 10.8 Å². The lowest BCUT2D eigenvalue weighted by atomic mass is 10.0. The molecule has 1 saturated heterocycles. The van der Waals surface area contributed by atoms with Gasteiger partial charge in [-0.25, -0.2) is 0 Å². The maximum atomic E-state index is 11.7. The van der Waals surface area contributed by atoms with Gasteiger partial charge in [-0.2, -0.15) is 0 Å². The Morgan fingerprint density at radius 1 is 0.727 bits per heavy atom. The van der Waals surface area contributed by atoms with Gasteiger partial charge in [0.15, 0.2) is 12.2 Å². The van der Waals surface area contributed by atoms with E-state index in [-0.39, 0.29) is 6.61 Å². The van der Waals surface area contributed by atoms with Gasteiger partial charge in [0.05, 0.1) is 6.61 Å². The van der Waals surface area contributed by atoms with Gasteiger partial charge in [-0.3, -0.25) is 19.2 Å². The average Bonchev–Trinajstić information content (AvgIpc) is 2.71. The molecular formula is C23H24O10. The van der Waals surface area contributed by atoms with Crippen molar-refractivity contribution in [1.82, 2.24) is 0 Å². The Bertz CT molecular complexity index is 1060. The number of hydrogen-bond donors (Lipinski definition) is 0. The van der Waals surface area contributed by atoms with Crippen molar-refractivity contribution in [3.63, 3.8) is 0 Å². The monoisotopic (exact) mass is 460 g/mol. The second-order valence-corrected chi connectivity index (χ2v) is 7.38. The van der Waals surface area contributed by atoms with E-state index in [1.54, 1.807) is 36.4 Å². The number of benzene rings is 2. The lowest BCUT2D eigenvalue weighted by Crippen LogP contribution is -2.59. The van der Waals surface area contributed by atoms with Gasteiger partial charge in [0.2, 0.25) is 12.4 Å². The molecule has 4 atom stereocenters. The van der Waals surface area contributed by atoms with Crippen molar-refractivity contribution in [2.75, 3.05) is 6.61 Å². The lowest BCUT2D eigenvalue weighted by molar-refractivity contribution is -0.259. The van der Waals surface area contributed by atoms with Crippen LogP contribution in [0.3, 0.4) is 0 Å². The first kappa shape index (κ1) is 24.0. The van der Waals surface area contributed by atoms with Crippen LogP contribution in [0.1, 0.15) is 27.7 Å². The number of carbonyl (C=O) groups is 4. The van der Waals surface area contributed by atoms with Crippen LogP contribution in [-0.4, -0.2) is 55.1 Å². The van der Waals surface area contributed by atoms with Crippen LogP contribution >= 0.6 is 0 Å². The second kappa shape index (κ2) is 10.3. The molecule has 176 valence electrons. The van der Waals surface area contributed by atoms with E-state index in [4.69, 9.17) is 28.4 Å². The van der Waals surface area contributed by atoms with Crippen LogP contribution in [0.5, 0.6) is 11.5 Å². The Balaban J connectivity index is 1.85. The molecule has 10 nitrogen and oxygen atoms in total. The van der Waals surface area contributed by atoms with Gasteiger partial charge in [0.1, 0.15) is 11.5 Å². The Morgan fingerprint density at radius 2 is 1.27 bits per heavy atom. The van der Waals surface area contributed by atoms with Gasteiger partial charge in [-0.15, -0.1) is 0 Å². The summed E-state index contributed by atoms with van der Waals surface area (Å²) < 4.78 is 32.5. The number of fused-ring (bicyclic) bond motifs is 1. The molecule has 0 saturated carbocycles. The third-order valence-corrected chi connectivity index (χ3v) is 4.60. The van der Waals surface area contributed by atoms with Crippen molar-refractivity contribution < 1.29 is 47.6 Å². The van der Waals surface area contributed by atoms with E-state index in [1.807, 2.05) is 0 Å². The SMILES string of the molecule is CC(=O)Oc1ccc2cc(O[C@@H]3OC[C@@H](OC(C)=O)[C@H](OC(C)=O)[C@H]3OC(C)=O)ccc2c1. The summed E-state index contributed by atoms with van der Waals surface area (Å²) in [4.78, 5) is 46.0. The highest BCUT2D eigenvalue weighted by Crippen LogP contribution is 2.29. The van der Waals surface area contributed by atoms with Gasteiger partial charge in [-0.1, -0.05) is 12.1 Å². The minimum Gasteiger partial charge on any atom is -0.461 e. The fourth-order valence-corrected chi connectivity index (χ4v) is 3.45. The molecule has 0 N–H and O–H groups in total. The van der Waals surface area contributed by atoms with Crippen LogP contribution in [0.4, 0.5) is 0 Å². The van der Waals surface area contributed by atoms with Gasteiger partial charge in [-0.05, 0) is 35.0 Å². The van der Waals surface area contributed by atoms with E-state index >= 15 is 0 Å². The highest BCUT2D eigenvalue weighted by molar-refractivity contribution is 5.86. The Labute approximate surface area is 189 Å². The van der Waals surface area contributed by atoms with Crippen LogP contribution in [0.25, 0.3) is 10.8 Å². The van der Waals surface area contributed by atoms with Crippen molar-refractivity contribution in [3.8, 4) is 11.5 Å². The summed E-state index contributed by atoms with van der Waals surface area (Å²) in [6.07, 6.45) is -4.43. The third kappa shape index (κ3) is 6.42. The molecule has 1 heterocycles. The summed E-state index contributed by atoms with van der Waals surface area (Å²) in [6, 6.07) is 10.2. The third-order valence-electron chi connectivity index (χ3n) is 4.60. The van der Waals surface area contributed by atoms with E-state index in [9.17, 15) is 19.2 Å². The predicted octanol–water partition coefficient (Wildman–Crippen LogP) is 2.30. The molecule has 2 aromatic carbocycles. The molecule has 0 unspecified atom stereocenters. The molecule has 2 aromatic rings. The Kier molecular flexibility index (Phi) is 7.49. The number of ether oxygens (including phenoxy) is 6. The highest BCUT2D eigenvalue weighted by Gasteiger charge is 2.48. The van der Waals surface area contributed by atoms with Crippen LogP contribution < -0.4 is 9.47 Å². The molecule has 0 amide bonds. The van der Waals surface area contributed by atoms with E-state index in [2.05, 4.69) is 0 Å². The first-order valence-corrected chi connectivity index (χ1v) is 10.1. The first-order valence-electron chi connectivity index (χ1n) is 10.1. The Morgan fingerprint density at radius 3 is 1.85 bits per heavy atom. The van der Waals surface area contributed by atoms with Crippen molar-refractivity contribution in [3.05, 3.63) is 36.4 Å². The van der Waals surface area contributed by atoms with Gasteiger partial charge < -0.3 is 28.4 Å². The van der Waals surface area contributed by atoms with Crippen LogP contribution in [0, 0.1) is 0 Å². The summed E-state index contributed by atoms with van der Waals surface area (Å²) in [5.41, 5.74) is 0. The molecule has 0 aliphatic carbocycles. The average molecular weight is 460 g/mol. The summed E-state index contributed by atoms with van der Waals surface area (Å²) in [6.45, 7) is 4.76. The van der Waals surface area contributed by atoms with E-state index < -0.39 is 48.5 Å². The zero-order valence-corrected chi connectivity index (χ0v) is 18.6. The molecule has 10 heteroatoms. The summed E-state index contributed by atoms with van der Waals surface area (Å²) >= 11 is 0. The zero-order chi connectivity index (χ0) is 24.1. The standard InChI is InChI=1S/C23H24O10/c1-12(24)29-18-7-5-17-10-19(8-6-16(17)9-18)33-23-22(32-15(4)27)21(31-14(3)26)20(11-28-23)30-13(2)25/h5-10,20-23H,11H2,1-4H3/t20-,21+,22-,23+/m1/s1. The maximum Gasteiger partial charge on any atom is 0.308 e. The Hall–Kier alpha value is -3.66. The maximum absolute atomic E-state index is 11.7. The minimum atomic E-state index is -1.19. The van der Waals surface area contributed by atoms with Gasteiger partial charge in [0, 0.05) is 27.7 Å². The normalized spacial score (nSPS) is 22.2. The number of hydrogen-bond acceptors (Lipinski definition) is 10. The minimum absolute atomic E-state index is 0.140. The zero-order valence-electron chi connectivity index (χ0n) is 18.6. The predicted molar refractivity (Wildman–Crippen MR) is 112 cm³/mol. The summed E-state index contributed by atoms with van der Waals surface area (Å²) in [5, 5.41) is 1.59. The molecule has 0 aromatic heterocycles. The number of carbonyl (C=O) groups excluding carboxylic acids is 4. The summed E-state index contributed by atoms with van der Waals surface area (Å²) in [7, 11) is 0. The largest absolute Gasteiger partial charge is 0.461 e. The van der Waals surface area contributed by atoms with Crippen molar-refractivity contribution >= 4 is 34.6 Å². The number of rotatable bonds is 6. The second-order valence-electron chi connectivity index (χ2n) is 7.38. The lowest BCUT2D eigenvalue weighted by Gasteiger charge is -2.40. The molecule has 1 aliphatic heterocycles. The van der Waals surface area contributed by atoms with Crippen molar-refractivity contribution in [1.29, 1.82) is 0 Å². The molecular weight excluding hydrogens is 436 g/mol. The molecule has 0 spiro atoms. The van der Waals surface area contributed by atoms with Crippen molar-refractivity contribution in [2.45, 2.75) is 52.3 Å². The molecule has 3 rings (SSSR count). The van der Waals surface area contributed by atoms with Gasteiger partial charge in [0.25, 0.3) is 0 Å². The number of esters is 4. The van der Waals surface area contributed by atoms with E-state index in [0.29, 0.717) is 11.5 Å². The molecule has 0 bridgehead atoms. The van der Waals surface area contributed by atoms with Crippen LogP contribution in [-0.2, 0) is 38.1 Å². The van der Waals surface area contributed by atoms with Crippen molar-refractivity contribution in [2.24, 2.45) is 0 Å². The van der Waals surface area contributed by atoms with Crippen LogP contribution in [0.2, 0.25) is 0 Å². The fraction of sp³-hybridized carbons (Fsp3) is 0.391. The quantitative estimate of drug-likeness (QED) is 0.360. The smallest absolute Gasteiger partial charge is 0.308 e. The molecule has 33 heavy (non-hydrogen) atoms. The molecule has 0 radical (unpaired) electrons. The molecule has 1 aliphatic rings. The van der Waals surface area contributed by atoms with Crippen LogP contribution in [0.15, 0.2) is 36.4 Å².